The van der Waals surface area contributed by atoms with Gasteiger partial charge in [0.1, 0.15) is 31.9 Å². The quantitative estimate of drug-likeness (QED) is 0.204. The van der Waals surface area contributed by atoms with Gasteiger partial charge in [-0.25, -0.2) is 4.79 Å². The summed E-state index contributed by atoms with van der Waals surface area (Å²) < 4.78 is 7.57. The summed E-state index contributed by atoms with van der Waals surface area (Å²) >= 11 is 13.4. The molecular formula is C20H10Br4O5Zr. The maximum Gasteiger partial charge on any atom is 0.335 e. The van der Waals surface area contributed by atoms with Gasteiger partial charge in [0.25, 0.3) is 0 Å². The summed E-state index contributed by atoms with van der Waals surface area (Å²) in [5, 5.41) is 30.4. The van der Waals surface area contributed by atoms with E-state index in [-0.39, 0.29) is 43.3 Å². The van der Waals surface area contributed by atoms with Gasteiger partial charge in [0.15, 0.2) is 0 Å². The molecule has 4 rings (SSSR count). The van der Waals surface area contributed by atoms with Gasteiger partial charge in [-0.2, -0.15) is 0 Å². The summed E-state index contributed by atoms with van der Waals surface area (Å²) in [6.07, 6.45) is 0. The second-order valence-corrected chi connectivity index (χ2v) is 9.60. The fourth-order valence-electron chi connectivity index (χ4n) is 3.40. The van der Waals surface area contributed by atoms with E-state index >= 15 is 0 Å². The predicted molar refractivity (Wildman–Crippen MR) is 121 cm³/mol. The molecule has 0 aromatic heterocycles. The van der Waals surface area contributed by atoms with Gasteiger partial charge in [0, 0.05) is 43.2 Å². The Morgan fingerprint density at radius 2 is 1.30 bits per heavy atom. The molecule has 3 aromatic carbocycles. The number of halogens is 4. The fourth-order valence-corrected chi connectivity index (χ4v) is 5.87. The Labute approximate surface area is 224 Å². The molecule has 1 heterocycles. The van der Waals surface area contributed by atoms with Crippen molar-refractivity contribution in [1.82, 2.24) is 0 Å². The number of phenols is 2. The predicted octanol–water partition coefficient (Wildman–Crippen LogP) is 7.13. The largest absolute Gasteiger partial charge is 0.505 e. The van der Waals surface area contributed by atoms with E-state index < -0.39 is 11.9 Å². The summed E-state index contributed by atoms with van der Waals surface area (Å²) in [6, 6.07) is 10.1. The number of hydrogen-bond acceptors (Lipinski definition) is 4. The van der Waals surface area contributed by atoms with Crippen molar-refractivity contribution in [3.05, 3.63) is 76.5 Å². The van der Waals surface area contributed by atoms with Gasteiger partial charge in [0.05, 0.1) is 14.5 Å². The third-order valence-electron chi connectivity index (χ3n) is 4.68. The molecule has 0 fully saturated rings. The first-order chi connectivity index (χ1) is 13.7. The zero-order valence-electron chi connectivity index (χ0n) is 14.7. The molecule has 152 valence electrons. The number of carboxylic acid groups (broad SMARTS) is 1. The molecule has 0 spiro atoms. The number of phenolic OH excluding ortho intramolecular Hbond substituents is 2. The molecule has 0 radical (unpaired) electrons. The van der Waals surface area contributed by atoms with Crippen LogP contribution in [0.1, 0.15) is 33.0 Å². The van der Waals surface area contributed by atoms with Crippen molar-refractivity contribution in [2.45, 2.75) is 5.92 Å². The van der Waals surface area contributed by atoms with Crippen molar-refractivity contribution >= 4 is 69.7 Å². The van der Waals surface area contributed by atoms with Crippen LogP contribution in [-0.4, -0.2) is 21.3 Å². The van der Waals surface area contributed by atoms with Crippen molar-refractivity contribution in [2.24, 2.45) is 0 Å². The van der Waals surface area contributed by atoms with E-state index in [2.05, 4.69) is 63.7 Å². The Morgan fingerprint density at radius 3 is 1.77 bits per heavy atom. The van der Waals surface area contributed by atoms with Gasteiger partial charge in [-0.15, -0.1) is 0 Å². The van der Waals surface area contributed by atoms with Gasteiger partial charge >= 0.3 is 5.97 Å². The average molecular weight is 741 g/mol. The van der Waals surface area contributed by atoms with Crippen molar-refractivity contribution in [2.75, 3.05) is 0 Å². The third-order valence-corrected chi connectivity index (χ3v) is 7.36. The second kappa shape index (κ2) is 9.06. The molecule has 0 unspecified atom stereocenters. The van der Waals surface area contributed by atoms with E-state index in [1.165, 1.54) is 0 Å². The molecular weight excluding hydrogens is 731 g/mol. The van der Waals surface area contributed by atoms with E-state index in [1.54, 1.807) is 36.4 Å². The average Bonchev–Trinajstić information content (AvgIpc) is 2.69. The van der Waals surface area contributed by atoms with Gasteiger partial charge in [-0.1, -0.05) is 18.2 Å². The minimum absolute atomic E-state index is 0. The van der Waals surface area contributed by atoms with E-state index in [4.69, 9.17) is 4.74 Å². The number of hydrogen-bond donors (Lipinski definition) is 3. The molecule has 30 heavy (non-hydrogen) atoms. The topological polar surface area (TPSA) is 87.0 Å². The summed E-state index contributed by atoms with van der Waals surface area (Å²) in [6.45, 7) is 0. The molecule has 0 bridgehead atoms. The van der Waals surface area contributed by atoms with Crippen molar-refractivity contribution in [3.8, 4) is 23.0 Å². The minimum Gasteiger partial charge on any atom is -0.505 e. The van der Waals surface area contributed by atoms with Crippen LogP contribution in [0.3, 0.4) is 0 Å². The zero-order valence-corrected chi connectivity index (χ0v) is 23.5. The van der Waals surface area contributed by atoms with Crippen molar-refractivity contribution in [1.29, 1.82) is 0 Å². The first kappa shape index (κ1) is 24.0. The Hall–Kier alpha value is -0.667. The smallest absolute Gasteiger partial charge is 0.335 e. The van der Waals surface area contributed by atoms with Crippen LogP contribution in [0.5, 0.6) is 23.0 Å². The number of aromatic carboxylic acids is 1. The number of carbonyl (C=O) groups is 1. The fraction of sp³-hybridized carbons (Fsp3) is 0.0500. The van der Waals surface area contributed by atoms with E-state index in [0.717, 1.165) is 0 Å². The van der Waals surface area contributed by atoms with E-state index in [1.807, 2.05) is 0 Å². The van der Waals surface area contributed by atoms with Crippen LogP contribution in [0, 0.1) is 0 Å². The second-order valence-electron chi connectivity index (χ2n) is 6.31. The number of rotatable bonds is 2. The molecule has 1 aliphatic rings. The first-order valence-electron chi connectivity index (χ1n) is 8.14. The van der Waals surface area contributed by atoms with Gasteiger partial charge in [-0.3, -0.25) is 0 Å². The summed E-state index contributed by atoms with van der Waals surface area (Å²) in [5.74, 6) is -0.993. The summed E-state index contributed by atoms with van der Waals surface area (Å²) in [4.78, 5) is 11.9. The maximum absolute atomic E-state index is 11.9. The van der Waals surface area contributed by atoms with E-state index in [9.17, 15) is 20.1 Å². The molecule has 0 aliphatic carbocycles. The molecule has 0 saturated carbocycles. The van der Waals surface area contributed by atoms with E-state index in [0.29, 0.717) is 46.1 Å². The normalized spacial score (nSPS) is 12.4. The van der Waals surface area contributed by atoms with Crippen LogP contribution in [0.25, 0.3) is 0 Å². The molecule has 1 aliphatic heterocycles. The molecule has 3 N–H and O–H groups in total. The third kappa shape index (κ3) is 3.83. The van der Waals surface area contributed by atoms with Crippen molar-refractivity contribution in [3.63, 3.8) is 0 Å². The number of fused-ring (bicyclic) bond motifs is 2. The van der Waals surface area contributed by atoms with Crippen LogP contribution in [0.15, 0.2) is 54.3 Å². The molecule has 0 amide bonds. The minimum atomic E-state index is -1.05. The number of carboxylic acids is 1. The molecule has 5 nitrogen and oxygen atoms in total. The Balaban J connectivity index is 0.00000256. The van der Waals surface area contributed by atoms with Crippen LogP contribution >= 0.6 is 63.7 Å². The Morgan fingerprint density at radius 1 is 0.833 bits per heavy atom. The standard InChI is InChI=1S/C20H10Br4O5.Zr/c21-11-5-9-13(7-3-1-2-4-8(7)20(27)28)10-6-12(22)17(26)15(24)19(10)29-18(9)14(23)16(11)25;/h1-6,13,25-26H,(H,27,28);. The molecule has 0 atom stereocenters. The molecule has 3 aromatic rings. The van der Waals surface area contributed by atoms with Gasteiger partial charge < -0.3 is 20.1 Å². The number of aromatic hydroxyl groups is 2. The number of benzene rings is 3. The summed E-state index contributed by atoms with van der Waals surface area (Å²) in [7, 11) is 0. The summed E-state index contributed by atoms with van der Waals surface area (Å²) in [5.41, 5.74) is 2.02. The Bertz CT molecular complexity index is 1140. The Kier molecular flexibility index (Phi) is 7.24. The number of ether oxygens (including phenoxy) is 1. The molecule has 10 heteroatoms. The van der Waals surface area contributed by atoms with Crippen LogP contribution < -0.4 is 4.74 Å². The van der Waals surface area contributed by atoms with Crippen molar-refractivity contribution < 1.29 is 51.1 Å². The maximum atomic E-state index is 11.9. The van der Waals surface area contributed by atoms with Gasteiger partial charge in [0.2, 0.25) is 0 Å². The first-order valence-corrected chi connectivity index (χ1v) is 11.3. The van der Waals surface area contributed by atoms with Crippen LogP contribution in [-0.2, 0) is 26.2 Å². The SMILES string of the molecule is O=C(O)c1ccccc1C1c2cc(Br)c(O)c(Br)c2Oc2c1cc(Br)c(O)c2Br.[Zr]. The monoisotopic (exact) mass is 736 g/mol. The van der Waals surface area contributed by atoms with Crippen LogP contribution in [0.2, 0.25) is 0 Å². The molecule has 0 saturated heterocycles. The van der Waals surface area contributed by atoms with Gasteiger partial charge in [-0.05, 0) is 87.5 Å². The van der Waals surface area contributed by atoms with Crippen LogP contribution in [0.4, 0.5) is 0 Å². The zero-order chi connectivity index (χ0) is 21.0.